The highest BCUT2D eigenvalue weighted by atomic mass is 16.5. The molecule has 4 heteroatoms. The van der Waals surface area contributed by atoms with E-state index in [1.165, 1.54) is 7.11 Å². The first-order chi connectivity index (χ1) is 11.7. The van der Waals surface area contributed by atoms with Crippen molar-refractivity contribution in [1.82, 2.24) is 0 Å². The molecule has 0 aliphatic heterocycles. The minimum atomic E-state index is -0.357. The summed E-state index contributed by atoms with van der Waals surface area (Å²) in [6, 6.07) is 3.39. The molecule has 0 fully saturated rings. The van der Waals surface area contributed by atoms with E-state index in [9.17, 15) is 15.0 Å². The summed E-state index contributed by atoms with van der Waals surface area (Å²) in [6.07, 6.45) is 2.56. The average molecular weight is 365 g/mol. The molecule has 1 aromatic rings. The van der Waals surface area contributed by atoms with E-state index in [-0.39, 0.29) is 33.7 Å². The van der Waals surface area contributed by atoms with Crippen LogP contribution in [0.2, 0.25) is 0 Å². The highest BCUT2D eigenvalue weighted by Crippen LogP contribution is 2.46. The lowest BCUT2D eigenvalue weighted by Gasteiger charge is -2.37. The summed E-state index contributed by atoms with van der Waals surface area (Å²) in [5.41, 5.74) is 0.884. The van der Waals surface area contributed by atoms with Crippen molar-refractivity contribution in [3.05, 3.63) is 23.3 Å². The van der Waals surface area contributed by atoms with Crippen LogP contribution in [-0.2, 0) is 20.4 Å². The van der Waals surface area contributed by atoms with Crippen molar-refractivity contribution in [2.45, 2.75) is 85.0 Å². The molecule has 1 atom stereocenters. The molecule has 0 spiro atoms. The lowest BCUT2D eigenvalue weighted by Crippen LogP contribution is -2.29. The van der Waals surface area contributed by atoms with Crippen molar-refractivity contribution in [2.24, 2.45) is 5.41 Å². The van der Waals surface area contributed by atoms with Gasteiger partial charge in [-0.05, 0) is 47.6 Å². The van der Waals surface area contributed by atoms with Gasteiger partial charge in [-0.1, -0.05) is 48.5 Å². The van der Waals surface area contributed by atoms with Gasteiger partial charge in [0.25, 0.3) is 0 Å². The second-order valence-electron chi connectivity index (χ2n) is 9.86. The number of hydrogen-bond acceptors (Lipinski definition) is 4. The number of aromatic hydroxyl groups is 2. The van der Waals surface area contributed by atoms with Crippen molar-refractivity contribution in [2.75, 3.05) is 7.11 Å². The van der Waals surface area contributed by atoms with E-state index >= 15 is 0 Å². The monoisotopic (exact) mass is 364 g/mol. The number of phenolic OH excluding ortho intramolecular Hbond substituents is 2. The van der Waals surface area contributed by atoms with Crippen LogP contribution in [0.5, 0.6) is 11.5 Å². The van der Waals surface area contributed by atoms with E-state index in [2.05, 4.69) is 27.7 Å². The summed E-state index contributed by atoms with van der Waals surface area (Å²) >= 11 is 0. The molecule has 0 bridgehead atoms. The Hall–Kier alpha value is -1.71. The Labute approximate surface area is 158 Å². The van der Waals surface area contributed by atoms with Crippen LogP contribution in [0.15, 0.2) is 12.1 Å². The highest BCUT2D eigenvalue weighted by Gasteiger charge is 2.35. The number of carbonyl (C=O) groups excluding carboxylic acids is 1. The SMILES string of the molecule is COC(=O)CCCC(C)(CC(C)(C)C)c1cc(O)c(C(C)(C)C)cc1O. The number of rotatable bonds is 6. The summed E-state index contributed by atoms with van der Waals surface area (Å²) in [5, 5.41) is 21.3. The lowest BCUT2D eigenvalue weighted by molar-refractivity contribution is -0.140. The number of hydrogen-bond donors (Lipinski definition) is 2. The number of esters is 1. The predicted octanol–water partition coefficient (Wildman–Crippen LogP) is 5.43. The van der Waals surface area contributed by atoms with Gasteiger partial charge in [-0.2, -0.15) is 0 Å². The van der Waals surface area contributed by atoms with Crippen LogP contribution in [0.3, 0.4) is 0 Å². The Morgan fingerprint density at radius 2 is 1.46 bits per heavy atom. The van der Waals surface area contributed by atoms with Gasteiger partial charge in [-0.15, -0.1) is 0 Å². The zero-order chi connectivity index (χ0) is 20.3. The standard InChI is InChI=1S/C22H36O4/c1-20(2,3)14-22(7,11-9-10-19(25)26-8)16-13-17(23)15(12-18(16)24)21(4,5)6/h12-13,23-24H,9-11,14H2,1-8H3. The first-order valence-corrected chi connectivity index (χ1v) is 9.33. The van der Waals surface area contributed by atoms with Gasteiger partial charge in [0, 0.05) is 17.5 Å². The van der Waals surface area contributed by atoms with Crippen LogP contribution in [0.25, 0.3) is 0 Å². The maximum absolute atomic E-state index is 11.5. The molecule has 0 aromatic heterocycles. The third kappa shape index (κ3) is 5.93. The molecule has 0 aliphatic carbocycles. The molecule has 1 aromatic carbocycles. The third-order valence-corrected chi connectivity index (χ3v) is 4.83. The fraction of sp³-hybridized carbons (Fsp3) is 0.682. The maximum Gasteiger partial charge on any atom is 0.305 e. The minimum Gasteiger partial charge on any atom is -0.508 e. The van der Waals surface area contributed by atoms with E-state index in [0.29, 0.717) is 12.8 Å². The van der Waals surface area contributed by atoms with Gasteiger partial charge in [0.05, 0.1) is 7.11 Å². The second kappa shape index (κ2) is 7.89. The molecular weight excluding hydrogens is 328 g/mol. The lowest BCUT2D eigenvalue weighted by atomic mass is 9.67. The Morgan fingerprint density at radius 1 is 0.962 bits per heavy atom. The largest absolute Gasteiger partial charge is 0.508 e. The molecule has 4 nitrogen and oxygen atoms in total. The second-order valence-corrected chi connectivity index (χ2v) is 9.86. The molecule has 0 saturated heterocycles. The van der Waals surface area contributed by atoms with E-state index < -0.39 is 0 Å². The predicted molar refractivity (Wildman–Crippen MR) is 106 cm³/mol. The molecule has 0 aliphatic rings. The number of methoxy groups -OCH3 is 1. The normalized spacial score (nSPS) is 14.8. The van der Waals surface area contributed by atoms with Crippen LogP contribution in [-0.4, -0.2) is 23.3 Å². The highest BCUT2D eigenvalue weighted by molar-refractivity contribution is 5.69. The van der Waals surface area contributed by atoms with Gasteiger partial charge in [-0.25, -0.2) is 0 Å². The topological polar surface area (TPSA) is 66.8 Å². The van der Waals surface area contributed by atoms with E-state index in [1.54, 1.807) is 12.1 Å². The first-order valence-electron chi connectivity index (χ1n) is 9.33. The van der Waals surface area contributed by atoms with Gasteiger partial charge < -0.3 is 14.9 Å². The maximum atomic E-state index is 11.5. The molecule has 0 saturated carbocycles. The number of benzene rings is 1. The molecule has 0 amide bonds. The fourth-order valence-corrected chi connectivity index (χ4v) is 3.87. The van der Waals surface area contributed by atoms with Gasteiger partial charge in [0.1, 0.15) is 11.5 Å². The van der Waals surface area contributed by atoms with Crippen molar-refractivity contribution in [1.29, 1.82) is 0 Å². The Kier molecular flexibility index (Phi) is 6.78. The van der Waals surface area contributed by atoms with Crippen LogP contribution in [0.1, 0.15) is 85.3 Å². The average Bonchev–Trinajstić information content (AvgIpc) is 2.45. The molecule has 1 rings (SSSR count). The summed E-state index contributed by atoms with van der Waals surface area (Å²) in [6.45, 7) is 14.6. The number of ether oxygens (including phenoxy) is 1. The molecule has 26 heavy (non-hydrogen) atoms. The molecular formula is C22H36O4. The van der Waals surface area contributed by atoms with Crippen molar-refractivity contribution >= 4 is 5.97 Å². The zero-order valence-corrected chi connectivity index (χ0v) is 17.7. The van der Waals surface area contributed by atoms with Gasteiger partial charge in [0.15, 0.2) is 0 Å². The zero-order valence-electron chi connectivity index (χ0n) is 17.7. The van der Waals surface area contributed by atoms with Crippen molar-refractivity contribution in [3.63, 3.8) is 0 Å². The minimum absolute atomic E-state index is 0.0325. The van der Waals surface area contributed by atoms with Gasteiger partial charge >= 0.3 is 5.97 Å². The van der Waals surface area contributed by atoms with Gasteiger partial charge in [-0.3, -0.25) is 4.79 Å². The Bertz CT molecular complexity index is 635. The molecule has 1 unspecified atom stereocenters. The summed E-state index contributed by atoms with van der Waals surface area (Å²) in [5.74, 6) is 0.189. The Morgan fingerprint density at radius 3 is 1.92 bits per heavy atom. The van der Waals surface area contributed by atoms with Crippen molar-refractivity contribution in [3.8, 4) is 11.5 Å². The number of carbonyl (C=O) groups is 1. The third-order valence-electron chi connectivity index (χ3n) is 4.83. The number of phenols is 2. The van der Waals surface area contributed by atoms with E-state index in [0.717, 1.165) is 24.0 Å². The van der Waals surface area contributed by atoms with Crippen LogP contribution in [0.4, 0.5) is 0 Å². The van der Waals surface area contributed by atoms with Crippen LogP contribution in [0, 0.1) is 5.41 Å². The smallest absolute Gasteiger partial charge is 0.305 e. The van der Waals surface area contributed by atoms with E-state index in [1.807, 2.05) is 20.8 Å². The van der Waals surface area contributed by atoms with Crippen LogP contribution >= 0.6 is 0 Å². The Balaban J connectivity index is 3.30. The van der Waals surface area contributed by atoms with Gasteiger partial charge in [0.2, 0.25) is 0 Å². The molecule has 0 heterocycles. The van der Waals surface area contributed by atoms with E-state index in [4.69, 9.17) is 4.74 Å². The summed E-state index contributed by atoms with van der Waals surface area (Å²) < 4.78 is 4.74. The summed E-state index contributed by atoms with van der Waals surface area (Å²) in [4.78, 5) is 11.5. The fourth-order valence-electron chi connectivity index (χ4n) is 3.87. The summed E-state index contributed by atoms with van der Waals surface area (Å²) in [7, 11) is 1.39. The molecule has 148 valence electrons. The van der Waals surface area contributed by atoms with Crippen LogP contribution < -0.4 is 0 Å². The van der Waals surface area contributed by atoms with Crippen molar-refractivity contribution < 1.29 is 19.7 Å². The molecule has 0 radical (unpaired) electrons. The molecule has 2 N–H and O–H groups in total. The quantitative estimate of drug-likeness (QED) is 0.521. The first kappa shape index (κ1) is 22.3.